The third-order valence-corrected chi connectivity index (χ3v) is 3.94. The minimum Gasteiger partial charge on any atom is -0.478 e. The predicted octanol–water partition coefficient (Wildman–Crippen LogP) is 2.82. The molecule has 1 aromatic carbocycles. The Balaban J connectivity index is 1.92. The number of fused-ring (bicyclic) bond motifs is 1. The first-order valence-electron chi connectivity index (χ1n) is 6.38. The van der Waals surface area contributed by atoms with Crippen LogP contribution in [-0.4, -0.2) is 28.2 Å². The number of nitrogens with one attached hydrogen (secondary N) is 1. The average Bonchev–Trinajstić information content (AvgIpc) is 2.81. The molecule has 0 bridgehead atoms. The van der Waals surface area contributed by atoms with Gasteiger partial charge in [-0.05, 0) is 52.9 Å². The number of amides is 1. The van der Waals surface area contributed by atoms with E-state index in [2.05, 4.69) is 37.9 Å². The maximum Gasteiger partial charge on any atom is 0.337 e. The maximum absolute atomic E-state index is 12.0. The first-order valence-corrected chi connectivity index (χ1v) is 7.46. The summed E-state index contributed by atoms with van der Waals surface area (Å²) in [7, 11) is 0. The van der Waals surface area contributed by atoms with E-state index in [9.17, 15) is 9.59 Å². The van der Waals surface area contributed by atoms with Crippen LogP contribution in [0.3, 0.4) is 0 Å². The summed E-state index contributed by atoms with van der Waals surface area (Å²) in [5.74, 6) is -1.60. The van der Waals surface area contributed by atoms with E-state index in [1.54, 1.807) is 0 Å². The van der Waals surface area contributed by atoms with Crippen molar-refractivity contribution in [3.05, 3.63) is 51.2 Å². The molecule has 2 heterocycles. The number of rotatable bonds is 3. The van der Waals surface area contributed by atoms with Gasteiger partial charge in [-0.1, -0.05) is 0 Å². The van der Waals surface area contributed by atoms with Gasteiger partial charge in [0.05, 0.1) is 11.3 Å². The van der Waals surface area contributed by atoms with E-state index in [0.29, 0.717) is 11.4 Å². The molecule has 0 saturated carbocycles. The molecule has 1 unspecified atom stereocenters. The normalized spacial score (nSPS) is 16.6. The highest BCUT2D eigenvalue weighted by atomic mass is 127. The van der Waals surface area contributed by atoms with Crippen molar-refractivity contribution in [2.24, 2.45) is 4.99 Å². The van der Waals surface area contributed by atoms with Crippen LogP contribution in [0.4, 0.5) is 11.5 Å². The molecular weight excluding hydrogens is 397 g/mol. The van der Waals surface area contributed by atoms with E-state index in [1.165, 1.54) is 18.5 Å². The van der Waals surface area contributed by atoms with Gasteiger partial charge in [0.2, 0.25) is 5.91 Å². The summed E-state index contributed by atoms with van der Waals surface area (Å²) in [5.41, 5.74) is 1.30. The molecule has 6 nitrogen and oxygen atoms in total. The van der Waals surface area contributed by atoms with E-state index in [0.717, 1.165) is 9.26 Å². The summed E-state index contributed by atoms with van der Waals surface area (Å²) in [5, 5.41) is 11.6. The Bertz CT molecular complexity index is 787. The van der Waals surface area contributed by atoms with Crippen molar-refractivity contribution < 1.29 is 14.7 Å². The highest BCUT2D eigenvalue weighted by Crippen LogP contribution is 2.30. The van der Waals surface area contributed by atoms with Crippen molar-refractivity contribution in [1.29, 1.82) is 0 Å². The molecule has 3 rings (SSSR count). The molecular formula is C15H10IN3O3. The molecule has 110 valence electrons. The topological polar surface area (TPSA) is 91.7 Å². The Morgan fingerprint density at radius 1 is 1.36 bits per heavy atom. The Labute approximate surface area is 139 Å². The first kappa shape index (κ1) is 14.6. The molecule has 0 spiro atoms. The molecule has 7 heteroatoms. The number of aromatic nitrogens is 1. The zero-order valence-electron chi connectivity index (χ0n) is 11.2. The summed E-state index contributed by atoms with van der Waals surface area (Å²) in [6.45, 7) is 0. The van der Waals surface area contributed by atoms with Gasteiger partial charge in [-0.3, -0.25) is 9.79 Å². The van der Waals surface area contributed by atoms with Crippen molar-refractivity contribution >= 4 is 52.2 Å². The largest absolute Gasteiger partial charge is 0.478 e. The molecule has 0 radical (unpaired) electrons. The zero-order chi connectivity index (χ0) is 15.7. The quantitative estimate of drug-likeness (QED) is 0.605. The lowest BCUT2D eigenvalue weighted by Gasteiger charge is -2.03. The summed E-state index contributed by atoms with van der Waals surface area (Å²) < 4.78 is 1.09. The molecule has 22 heavy (non-hydrogen) atoms. The van der Waals surface area contributed by atoms with Crippen LogP contribution in [-0.2, 0) is 4.79 Å². The van der Waals surface area contributed by atoms with E-state index in [4.69, 9.17) is 5.11 Å². The van der Waals surface area contributed by atoms with Gasteiger partial charge in [-0.2, -0.15) is 0 Å². The number of nitrogens with zero attached hydrogens (tertiary/aromatic N) is 2. The van der Waals surface area contributed by atoms with Gasteiger partial charge in [0.1, 0.15) is 11.7 Å². The third-order valence-electron chi connectivity index (χ3n) is 3.22. The van der Waals surface area contributed by atoms with Crippen LogP contribution in [0.25, 0.3) is 0 Å². The molecule has 0 saturated heterocycles. The fourth-order valence-electron chi connectivity index (χ4n) is 2.11. The lowest BCUT2D eigenvalue weighted by Crippen LogP contribution is -2.13. The Morgan fingerprint density at radius 3 is 2.77 bits per heavy atom. The number of hydrogen-bond donors (Lipinski definition) is 2. The van der Waals surface area contributed by atoms with Crippen LogP contribution in [0.15, 0.2) is 41.5 Å². The second-order valence-electron chi connectivity index (χ2n) is 4.69. The predicted molar refractivity (Wildman–Crippen MR) is 89.9 cm³/mol. The van der Waals surface area contributed by atoms with Gasteiger partial charge < -0.3 is 10.4 Å². The van der Waals surface area contributed by atoms with Crippen LogP contribution in [0.1, 0.15) is 21.8 Å². The van der Waals surface area contributed by atoms with Crippen molar-refractivity contribution in [3.63, 3.8) is 0 Å². The fourth-order valence-corrected chi connectivity index (χ4v) is 2.47. The molecule has 1 atom stereocenters. The summed E-state index contributed by atoms with van der Waals surface area (Å²) >= 11 is 2.20. The third kappa shape index (κ3) is 2.84. The van der Waals surface area contributed by atoms with E-state index in [1.807, 2.05) is 24.3 Å². The molecule has 2 N–H and O–H groups in total. The van der Waals surface area contributed by atoms with Crippen molar-refractivity contribution in [2.45, 2.75) is 5.92 Å². The van der Waals surface area contributed by atoms with Crippen LogP contribution < -0.4 is 5.32 Å². The summed E-state index contributed by atoms with van der Waals surface area (Å²) in [6, 6.07) is 8.98. The number of anilines is 1. The van der Waals surface area contributed by atoms with Gasteiger partial charge in [0.25, 0.3) is 0 Å². The number of carboxylic acid groups (broad SMARTS) is 1. The van der Waals surface area contributed by atoms with Crippen molar-refractivity contribution in [3.8, 4) is 0 Å². The molecule has 1 amide bonds. The van der Waals surface area contributed by atoms with Gasteiger partial charge in [-0.25, -0.2) is 9.78 Å². The molecule has 0 fully saturated rings. The molecule has 0 aliphatic carbocycles. The van der Waals surface area contributed by atoms with Crippen molar-refractivity contribution in [2.75, 3.05) is 5.32 Å². The highest BCUT2D eigenvalue weighted by molar-refractivity contribution is 14.1. The molecule has 1 aromatic heterocycles. The minimum absolute atomic E-state index is 0.0444. The summed E-state index contributed by atoms with van der Waals surface area (Å²) in [6.07, 6.45) is 2.73. The Morgan fingerprint density at radius 2 is 2.09 bits per heavy atom. The smallest absolute Gasteiger partial charge is 0.337 e. The van der Waals surface area contributed by atoms with Crippen LogP contribution >= 0.6 is 22.6 Å². The van der Waals surface area contributed by atoms with E-state index < -0.39 is 11.9 Å². The zero-order valence-corrected chi connectivity index (χ0v) is 13.3. The van der Waals surface area contributed by atoms with E-state index in [-0.39, 0.29) is 11.5 Å². The minimum atomic E-state index is -1.08. The van der Waals surface area contributed by atoms with Gasteiger partial charge in [-0.15, -0.1) is 0 Å². The monoisotopic (exact) mass is 407 g/mol. The number of aliphatic imine (C=N–C) groups is 1. The Kier molecular flexibility index (Phi) is 3.88. The number of carboxylic acids is 1. The van der Waals surface area contributed by atoms with Crippen LogP contribution in [0.2, 0.25) is 0 Å². The van der Waals surface area contributed by atoms with Gasteiger partial charge in [0, 0.05) is 21.5 Å². The first-order chi connectivity index (χ1) is 10.5. The summed E-state index contributed by atoms with van der Waals surface area (Å²) in [4.78, 5) is 31.3. The SMILES string of the molecule is O=C(O)c1cnc2c(c1)C(C=Nc1ccc(I)cc1)C(=O)N2. The second-order valence-corrected chi connectivity index (χ2v) is 5.93. The van der Waals surface area contributed by atoms with Gasteiger partial charge in [0.15, 0.2) is 0 Å². The number of halogens is 1. The number of hydrogen-bond acceptors (Lipinski definition) is 4. The number of benzene rings is 1. The fraction of sp³-hybridized carbons (Fsp3) is 0.0667. The average molecular weight is 407 g/mol. The van der Waals surface area contributed by atoms with Gasteiger partial charge >= 0.3 is 5.97 Å². The van der Waals surface area contributed by atoms with Crippen molar-refractivity contribution in [1.82, 2.24) is 4.98 Å². The maximum atomic E-state index is 12.0. The number of carbonyl (C=O) groups is 2. The number of pyridine rings is 1. The van der Waals surface area contributed by atoms with Crippen LogP contribution in [0.5, 0.6) is 0 Å². The Hall–Kier alpha value is -2.29. The second kappa shape index (κ2) is 5.84. The molecule has 1 aliphatic heterocycles. The lowest BCUT2D eigenvalue weighted by molar-refractivity contribution is -0.115. The number of aromatic carboxylic acids is 1. The van der Waals surface area contributed by atoms with E-state index >= 15 is 0 Å². The number of carbonyl (C=O) groups excluding carboxylic acids is 1. The highest BCUT2D eigenvalue weighted by Gasteiger charge is 2.31. The standard InChI is InChI=1S/C15H10IN3O3/c16-9-1-3-10(4-2-9)17-7-12-11-5-8(15(21)22)6-18-13(11)19-14(12)20/h1-7,12H,(H,21,22)(H,18,19,20). The molecule has 1 aliphatic rings. The lowest BCUT2D eigenvalue weighted by atomic mass is 10.0. The molecule has 2 aromatic rings. The van der Waals surface area contributed by atoms with Crippen LogP contribution in [0, 0.1) is 3.57 Å².